The van der Waals surface area contributed by atoms with Crippen molar-refractivity contribution in [3.63, 3.8) is 0 Å². The van der Waals surface area contributed by atoms with Crippen LogP contribution in [0.5, 0.6) is 0 Å². The maximum atomic E-state index is 12.0. The first-order valence-electron chi connectivity index (χ1n) is 8.93. The van der Waals surface area contributed by atoms with Crippen LogP contribution in [0.2, 0.25) is 0 Å². The number of hydrogen-bond acceptors (Lipinski definition) is 11. The minimum atomic E-state index is -5.11. The van der Waals surface area contributed by atoms with Crippen LogP contribution >= 0.6 is 15.6 Å². The van der Waals surface area contributed by atoms with Crippen molar-refractivity contribution >= 4 is 21.5 Å². The van der Waals surface area contributed by atoms with Crippen molar-refractivity contribution < 1.29 is 51.7 Å². The molecule has 31 heavy (non-hydrogen) atoms. The van der Waals surface area contributed by atoms with Crippen molar-refractivity contribution in [1.29, 1.82) is 0 Å². The molecule has 0 radical (unpaired) electrons. The van der Waals surface area contributed by atoms with Crippen LogP contribution in [0.25, 0.3) is 0 Å². The average molecular weight is 489 g/mol. The lowest BCUT2D eigenvalue weighted by atomic mass is 10.1. The van der Waals surface area contributed by atoms with E-state index in [4.69, 9.17) is 10.5 Å². The number of phosphoric ester groups is 2. The number of likely N-dealkylation sites (N-methyl/N-ethyl adjacent to an activating group) is 1. The van der Waals surface area contributed by atoms with E-state index in [9.17, 15) is 33.9 Å². The standard InChI is InChI=1S/C14H26N4O11P2/c1-18(2,3)6-7-26-30(22,23)29-31(24,25)27-8-9-11(19)12(20)13(28-9)17-5-4-10(15)16-14(17)21/h4-5,9,11-13,19-20H,6-8H2,1-3H3,(H3-,15,16,21,22,23,24,25)/p+1/t9?,11-,12-,13?/m1/s1. The topological polar surface area (TPSA) is 213 Å². The summed E-state index contributed by atoms with van der Waals surface area (Å²) >= 11 is 0. The smallest absolute Gasteiger partial charge is 0.387 e. The van der Waals surface area contributed by atoms with Gasteiger partial charge in [0.05, 0.1) is 27.7 Å². The third-order valence-corrected chi connectivity index (χ3v) is 6.72. The molecule has 0 amide bonds. The van der Waals surface area contributed by atoms with Gasteiger partial charge in [0, 0.05) is 6.20 Å². The Morgan fingerprint density at radius 2 is 1.81 bits per heavy atom. The molecule has 1 aromatic rings. The summed E-state index contributed by atoms with van der Waals surface area (Å²) in [6.07, 6.45) is -4.82. The van der Waals surface area contributed by atoms with Crippen LogP contribution in [0.1, 0.15) is 6.23 Å². The summed E-state index contributed by atoms with van der Waals surface area (Å²) in [7, 11) is -4.64. The molecule has 0 saturated carbocycles. The molecule has 178 valence electrons. The predicted octanol–water partition coefficient (Wildman–Crippen LogP) is -1.60. The van der Waals surface area contributed by atoms with Gasteiger partial charge in [-0.3, -0.25) is 13.6 Å². The summed E-state index contributed by atoms with van der Waals surface area (Å²) in [5.41, 5.74) is 4.53. The highest BCUT2D eigenvalue weighted by Gasteiger charge is 2.46. The maximum Gasteiger partial charge on any atom is 0.481 e. The summed E-state index contributed by atoms with van der Waals surface area (Å²) in [6.45, 7) is -0.746. The van der Waals surface area contributed by atoms with Gasteiger partial charge in [-0.2, -0.15) is 9.29 Å². The van der Waals surface area contributed by atoms with Gasteiger partial charge in [0.25, 0.3) is 0 Å². The van der Waals surface area contributed by atoms with Crippen molar-refractivity contribution in [2.75, 3.05) is 46.6 Å². The number of anilines is 1. The lowest BCUT2D eigenvalue weighted by molar-refractivity contribution is -0.870. The van der Waals surface area contributed by atoms with E-state index in [0.29, 0.717) is 11.0 Å². The van der Waals surface area contributed by atoms with Gasteiger partial charge in [-0.25, -0.2) is 13.9 Å². The van der Waals surface area contributed by atoms with Crippen LogP contribution in [0.4, 0.5) is 5.82 Å². The second-order valence-electron chi connectivity index (χ2n) is 7.75. The molecule has 2 heterocycles. The molecule has 17 heteroatoms. The highest BCUT2D eigenvalue weighted by Crippen LogP contribution is 2.60. The first-order chi connectivity index (χ1) is 14.1. The van der Waals surface area contributed by atoms with Crippen LogP contribution in [0.3, 0.4) is 0 Å². The van der Waals surface area contributed by atoms with Gasteiger partial charge in [-0.05, 0) is 6.07 Å². The normalized spacial score (nSPS) is 28.2. The molecule has 6 N–H and O–H groups in total. The molecule has 0 spiro atoms. The Morgan fingerprint density at radius 1 is 1.19 bits per heavy atom. The Bertz CT molecular complexity index is 920. The monoisotopic (exact) mass is 489 g/mol. The molecule has 1 saturated heterocycles. The van der Waals surface area contributed by atoms with Crippen molar-refractivity contribution in [3.05, 3.63) is 22.7 Å². The molecule has 0 aromatic carbocycles. The molecule has 1 aliphatic rings. The summed E-state index contributed by atoms with van der Waals surface area (Å²) in [6, 6.07) is 1.26. The highest BCUT2D eigenvalue weighted by atomic mass is 31.3. The Balaban J connectivity index is 1.96. The number of nitrogen functional groups attached to an aromatic ring is 1. The van der Waals surface area contributed by atoms with Crippen LogP contribution in [-0.4, -0.2) is 93.2 Å². The molecular weight excluding hydrogens is 462 g/mol. The zero-order chi connectivity index (χ0) is 23.6. The van der Waals surface area contributed by atoms with Gasteiger partial charge in [-0.1, -0.05) is 0 Å². The number of aliphatic hydroxyl groups is 2. The number of hydrogen-bond donors (Lipinski definition) is 5. The van der Waals surface area contributed by atoms with E-state index in [1.807, 2.05) is 0 Å². The summed E-state index contributed by atoms with van der Waals surface area (Å²) in [5, 5.41) is 20.2. The number of ether oxygens (including phenoxy) is 1. The fourth-order valence-electron chi connectivity index (χ4n) is 2.49. The first kappa shape index (κ1) is 26.0. The van der Waals surface area contributed by atoms with Crippen molar-refractivity contribution in [1.82, 2.24) is 9.55 Å². The molecule has 0 aliphatic carbocycles. The van der Waals surface area contributed by atoms with Crippen LogP contribution in [-0.2, 0) is 27.2 Å². The van der Waals surface area contributed by atoms with Crippen LogP contribution < -0.4 is 11.4 Å². The Kier molecular flexibility index (Phi) is 8.17. The molecule has 1 aliphatic heterocycles. The molecule has 1 fully saturated rings. The molecule has 4 unspecified atom stereocenters. The number of nitrogens with two attached hydrogens (primary N) is 1. The number of aromatic nitrogens is 2. The van der Waals surface area contributed by atoms with E-state index in [2.05, 4.69) is 18.3 Å². The Morgan fingerprint density at radius 3 is 2.39 bits per heavy atom. The predicted molar refractivity (Wildman–Crippen MR) is 104 cm³/mol. The quantitative estimate of drug-likeness (QED) is 0.185. The van der Waals surface area contributed by atoms with Gasteiger partial charge >= 0.3 is 21.3 Å². The summed E-state index contributed by atoms with van der Waals surface area (Å²) in [5.74, 6) is -0.0652. The Hall–Kier alpha value is -1.22. The van der Waals surface area contributed by atoms with Crippen LogP contribution in [0.15, 0.2) is 17.1 Å². The van der Waals surface area contributed by atoms with Gasteiger partial charge in [0.2, 0.25) is 0 Å². The molecular formula is C14H27N4O11P2+. The molecule has 6 atom stereocenters. The minimum Gasteiger partial charge on any atom is -0.387 e. The van der Waals surface area contributed by atoms with E-state index < -0.39 is 52.5 Å². The second-order valence-corrected chi connectivity index (χ2v) is 10.8. The van der Waals surface area contributed by atoms with Gasteiger partial charge in [-0.15, -0.1) is 0 Å². The van der Waals surface area contributed by atoms with E-state index in [1.165, 1.54) is 12.3 Å². The van der Waals surface area contributed by atoms with E-state index in [0.717, 1.165) is 4.57 Å². The number of quaternary nitrogens is 1. The van der Waals surface area contributed by atoms with Crippen molar-refractivity contribution in [2.45, 2.75) is 24.5 Å². The highest BCUT2D eigenvalue weighted by molar-refractivity contribution is 7.61. The molecule has 0 bridgehead atoms. The number of rotatable bonds is 10. The number of aliphatic hydroxyl groups excluding tert-OH is 2. The summed E-state index contributed by atoms with van der Waals surface area (Å²) < 4.78 is 43.9. The Labute approximate surface area is 177 Å². The van der Waals surface area contributed by atoms with Crippen LogP contribution in [0, 0.1) is 0 Å². The van der Waals surface area contributed by atoms with Gasteiger partial charge in [0.15, 0.2) is 6.23 Å². The van der Waals surface area contributed by atoms with E-state index >= 15 is 0 Å². The third kappa shape index (κ3) is 7.70. The van der Waals surface area contributed by atoms with Gasteiger partial charge in [0.1, 0.15) is 37.3 Å². The first-order valence-corrected chi connectivity index (χ1v) is 11.9. The molecule has 2 rings (SSSR count). The van der Waals surface area contributed by atoms with E-state index in [1.54, 1.807) is 21.1 Å². The van der Waals surface area contributed by atoms with Gasteiger partial charge < -0.3 is 35.0 Å². The zero-order valence-electron chi connectivity index (χ0n) is 17.0. The fraction of sp³-hybridized carbons (Fsp3) is 0.714. The lowest BCUT2D eigenvalue weighted by Crippen LogP contribution is -2.37. The van der Waals surface area contributed by atoms with Crippen molar-refractivity contribution in [3.8, 4) is 0 Å². The second kappa shape index (κ2) is 9.73. The minimum absolute atomic E-state index is 0.0652. The van der Waals surface area contributed by atoms with Crippen molar-refractivity contribution in [2.24, 2.45) is 0 Å². The molecule has 15 nitrogen and oxygen atoms in total. The fourth-order valence-corrected chi connectivity index (χ4v) is 4.56. The SMILES string of the molecule is C[N+](C)(C)CCOP(=O)(O)OP(=O)(O)OCC1OC(n2ccc(N)nc2=O)[C@H](O)[C@@H]1O. The lowest BCUT2D eigenvalue weighted by Gasteiger charge is -2.24. The summed E-state index contributed by atoms with van der Waals surface area (Å²) in [4.78, 5) is 34.7. The number of phosphoric acid groups is 2. The third-order valence-electron chi connectivity index (χ3n) is 4.09. The average Bonchev–Trinajstić information content (AvgIpc) is 2.86. The molecule has 1 aromatic heterocycles. The number of nitrogens with zero attached hydrogens (tertiary/aromatic N) is 3. The largest absolute Gasteiger partial charge is 0.481 e. The zero-order valence-corrected chi connectivity index (χ0v) is 18.8. The maximum absolute atomic E-state index is 12.0. The van der Waals surface area contributed by atoms with E-state index in [-0.39, 0.29) is 12.4 Å².